The summed E-state index contributed by atoms with van der Waals surface area (Å²) in [5.41, 5.74) is 1.82. The van der Waals surface area contributed by atoms with Crippen molar-refractivity contribution in [3.05, 3.63) is 29.8 Å². The fourth-order valence-corrected chi connectivity index (χ4v) is 4.89. The molecule has 1 nitrogen and oxygen atoms in total. The summed E-state index contributed by atoms with van der Waals surface area (Å²) < 4.78 is 0. The summed E-state index contributed by atoms with van der Waals surface area (Å²) in [6, 6.07) is 9.43. The summed E-state index contributed by atoms with van der Waals surface area (Å²) >= 11 is 2.09. The molecule has 1 aliphatic carbocycles. The summed E-state index contributed by atoms with van der Waals surface area (Å²) in [4.78, 5) is 1.46. The highest BCUT2D eigenvalue weighted by atomic mass is 32.2. The van der Waals surface area contributed by atoms with Crippen LogP contribution in [-0.4, -0.2) is 17.8 Å². The van der Waals surface area contributed by atoms with Gasteiger partial charge in [-0.1, -0.05) is 45.4 Å². The van der Waals surface area contributed by atoms with E-state index in [4.69, 9.17) is 0 Å². The Bertz CT molecular complexity index is 427. The van der Waals surface area contributed by atoms with Crippen LogP contribution >= 0.6 is 11.8 Å². The van der Waals surface area contributed by atoms with Gasteiger partial charge in [0.25, 0.3) is 0 Å². The first-order chi connectivity index (χ1) is 9.54. The molecule has 0 bridgehead atoms. The van der Waals surface area contributed by atoms with Gasteiger partial charge in [0.2, 0.25) is 0 Å². The van der Waals surface area contributed by atoms with Crippen molar-refractivity contribution >= 4 is 11.8 Å². The van der Waals surface area contributed by atoms with Crippen molar-refractivity contribution < 1.29 is 0 Å². The summed E-state index contributed by atoms with van der Waals surface area (Å²) in [5, 5.41) is 4.53. The maximum atomic E-state index is 3.83. The van der Waals surface area contributed by atoms with Gasteiger partial charge in [0.05, 0.1) is 0 Å². The number of hydrogen-bond acceptors (Lipinski definition) is 2. The maximum absolute atomic E-state index is 3.83. The zero-order valence-electron chi connectivity index (χ0n) is 13.4. The molecule has 1 aromatic rings. The highest BCUT2D eigenvalue weighted by molar-refractivity contribution is 8.00. The van der Waals surface area contributed by atoms with Gasteiger partial charge in [-0.25, -0.2) is 0 Å². The van der Waals surface area contributed by atoms with Gasteiger partial charge in [0, 0.05) is 16.2 Å². The molecule has 0 aromatic heterocycles. The molecule has 2 unspecified atom stereocenters. The molecule has 1 fully saturated rings. The first-order valence-corrected chi connectivity index (χ1v) is 8.88. The van der Waals surface area contributed by atoms with Crippen LogP contribution in [0.2, 0.25) is 0 Å². The summed E-state index contributed by atoms with van der Waals surface area (Å²) in [5.74, 6) is 0. The van der Waals surface area contributed by atoms with Crippen molar-refractivity contribution in [1.29, 1.82) is 0 Å². The molecular weight excluding hydrogens is 262 g/mol. The predicted molar refractivity (Wildman–Crippen MR) is 90.5 cm³/mol. The molecular formula is C18H29NS. The van der Waals surface area contributed by atoms with Gasteiger partial charge in [-0.2, -0.15) is 0 Å². The number of thioether (sulfide) groups is 1. The molecule has 0 radical (unpaired) electrons. The number of hydrogen-bond donors (Lipinski definition) is 1. The van der Waals surface area contributed by atoms with Crippen LogP contribution < -0.4 is 5.32 Å². The molecule has 1 saturated carbocycles. The third kappa shape index (κ3) is 3.79. The molecule has 2 rings (SSSR count). The number of aryl methyl sites for hydroxylation is 1. The lowest BCUT2D eigenvalue weighted by Gasteiger charge is -2.44. The van der Waals surface area contributed by atoms with Crippen LogP contribution in [0.1, 0.15) is 52.0 Å². The van der Waals surface area contributed by atoms with Crippen LogP contribution in [0.4, 0.5) is 0 Å². The molecule has 112 valence electrons. The minimum absolute atomic E-state index is 0.410. The SMILES string of the molecule is CCCNC1C(Sc2ccccc2C)CCCC1(C)C. The second-order valence-corrected chi connectivity index (χ2v) is 8.02. The Morgan fingerprint density at radius 3 is 2.75 bits per heavy atom. The highest BCUT2D eigenvalue weighted by Gasteiger charge is 2.38. The third-order valence-corrected chi connectivity index (χ3v) is 6.03. The zero-order valence-corrected chi connectivity index (χ0v) is 14.2. The van der Waals surface area contributed by atoms with E-state index in [-0.39, 0.29) is 0 Å². The average Bonchev–Trinajstić information content (AvgIpc) is 2.40. The van der Waals surface area contributed by atoms with Crippen LogP contribution in [0, 0.1) is 12.3 Å². The average molecular weight is 292 g/mol. The van der Waals surface area contributed by atoms with Crippen LogP contribution in [0.5, 0.6) is 0 Å². The summed E-state index contributed by atoms with van der Waals surface area (Å²) in [6.07, 6.45) is 5.26. The lowest BCUT2D eigenvalue weighted by Crippen LogP contribution is -2.51. The molecule has 20 heavy (non-hydrogen) atoms. The van der Waals surface area contributed by atoms with Crippen molar-refractivity contribution in [3.63, 3.8) is 0 Å². The van der Waals surface area contributed by atoms with E-state index in [9.17, 15) is 0 Å². The van der Waals surface area contributed by atoms with Crippen LogP contribution in [-0.2, 0) is 0 Å². The van der Waals surface area contributed by atoms with Crippen LogP contribution in [0.3, 0.4) is 0 Å². The maximum Gasteiger partial charge on any atom is 0.0253 e. The van der Waals surface area contributed by atoms with E-state index < -0.39 is 0 Å². The Kier molecular flexibility index (Phi) is 5.57. The van der Waals surface area contributed by atoms with Crippen molar-refractivity contribution in [3.8, 4) is 0 Å². The highest BCUT2D eigenvalue weighted by Crippen LogP contribution is 2.43. The normalized spacial score (nSPS) is 25.6. The fourth-order valence-electron chi connectivity index (χ4n) is 3.27. The van der Waals surface area contributed by atoms with E-state index in [2.05, 4.69) is 69.0 Å². The Labute approximate surface area is 128 Å². The van der Waals surface area contributed by atoms with Gasteiger partial charge >= 0.3 is 0 Å². The second-order valence-electron chi connectivity index (χ2n) is 6.73. The lowest BCUT2D eigenvalue weighted by molar-refractivity contribution is 0.175. The van der Waals surface area contributed by atoms with Gasteiger partial charge < -0.3 is 5.32 Å². The second kappa shape index (κ2) is 7.00. The molecule has 0 amide bonds. The Morgan fingerprint density at radius 2 is 2.05 bits per heavy atom. The quantitative estimate of drug-likeness (QED) is 0.816. The number of benzene rings is 1. The van der Waals surface area contributed by atoms with Crippen molar-refractivity contribution in [1.82, 2.24) is 5.32 Å². The van der Waals surface area contributed by atoms with Crippen molar-refractivity contribution in [2.45, 2.75) is 69.6 Å². The Balaban J connectivity index is 2.13. The number of nitrogens with one attached hydrogen (secondary N) is 1. The van der Waals surface area contributed by atoms with Gasteiger partial charge in [-0.3, -0.25) is 0 Å². The van der Waals surface area contributed by atoms with Gasteiger partial charge in [0.1, 0.15) is 0 Å². The fraction of sp³-hybridized carbons (Fsp3) is 0.667. The van der Waals surface area contributed by atoms with Crippen molar-refractivity contribution in [2.75, 3.05) is 6.54 Å². The molecule has 1 aliphatic rings. The molecule has 0 aliphatic heterocycles. The smallest absolute Gasteiger partial charge is 0.0253 e. The summed E-state index contributed by atoms with van der Waals surface area (Å²) in [7, 11) is 0. The minimum Gasteiger partial charge on any atom is -0.312 e. The molecule has 2 atom stereocenters. The van der Waals surface area contributed by atoms with E-state index in [1.54, 1.807) is 0 Å². The molecule has 0 saturated heterocycles. The predicted octanol–water partition coefficient (Wildman–Crippen LogP) is 5.03. The molecule has 1 N–H and O–H groups in total. The standard InChI is InChI=1S/C18H29NS/c1-5-13-19-17-16(11-8-12-18(17,3)4)20-15-10-7-6-9-14(15)2/h6-7,9-10,16-17,19H,5,8,11-13H2,1-4H3. The Morgan fingerprint density at radius 1 is 1.30 bits per heavy atom. The van der Waals surface area contributed by atoms with Crippen LogP contribution in [0.25, 0.3) is 0 Å². The number of rotatable bonds is 5. The molecule has 2 heteroatoms. The Hall–Kier alpha value is -0.470. The molecule has 1 aromatic carbocycles. The van der Waals surface area contributed by atoms with E-state index in [1.807, 2.05) is 0 Å². The zero-order chi connectivity index (χ0) is 14.6. The molecule has 0 spiro atoms. The van der Waals surface area contributed by atoms with Gasteiger partial charge in [-0.05, 0) is 49.8 Å². The first-order valence-electron chi connectivity index (χ1n) is 8.00. The topological polar surface area (TPSA) is 12.0 Å². The monoisotopic (exact) mass is 291 g/mol. The van der Waals surface area contributed by atoms with Gasteiger partial charge in [0.15, 0.2) is 0 Å². The minimum atomic E-state index is 0.410. The summed E-state index contributed by atoms with van der Waals surface area (Å²) in [6.45, 7) is 10.5. The first kappa shape index (κ1) is 15.9. The van der Waals surface area contributed by atoms with Gasteiger partial charge in [-0.15, -0.1) is 11.8 Å². The van der Waals surface area contributed by atoms with Crippen LogP contribution in [0.15, 0.2) is 29.2 Å². The van der Waals surface area contributed by atoms with Crippen molar-refractivity contribution in [2.24, 2.45) is 5.41 Å². The van der Waals surface area contributed by atoms with E-state index in [0.717, 1.165) is 6.54 Å². The van der Waals surface area contributed by atoms with E-state index in [1.165, 1.54) is 36.1 Å². The third-order valence-electron chi connectivity index (χ3n) is 4.51. The lowest BCUT2D eigenvalue weighted by atomic mass is 9.73. The van der Waals surface area contributed by atoms with E-state index in [0.29, 0.717) is 16.7 Å². The molecule has 0 heterocycles. The van der Waals surface area contributed by atoms with E-state index >= 15 is 0 Å². The largest absolute Gasteiger partial charge is 0.312 e.